The molecule has 5 heteroatoms. The molecule has 5 nitrogen and oxygen atoms in total. The first-order valence-electron chi connectivity index (χ1n) is 9.39. The molecule has 25 heavy (non-hydrogen) atoms. The van der Waals surface area contributed by atoms with E-state index in [1.807, 2.05) is 36.2 Å². The standard InChI is InChI=1S/C20H29N3O2/c1-15(2)22-13-10-17(11-14-22)21(3)20(25)16-6-8-18(9-7-16)23-12-4-5-19(23)24/h6-9,15,17H,4-5,10-14H2,1-3H3. The number of hydrogen-bond donors (Lipinski definition) is 0. The van der Waals surface area contributed by atoms with Gasteiger partial charge in [0.1, 0.15) is 0 Å². The zero-order chi connectivity index (χ0) is 18.0. The van der Waals surface area contributed by atoms with Gasteiger partial charge in [0.2, 0.25) is 5.91 Å². The molecule has 2 saturated heterocycles. The molecule has 0 spiro atoms. The van der Waals surface area contributed by atoms with E-state index < -0.39 is 0 Å². The van der Waals surface area contributed by atoms with Gasteiger partial charge >= 0.3 is 0 Å². The first kappa shape index (κ1) is 17.9. The fourth-order valence-corrected chi connectivity index (χ4v) is 3.86. The lowest BCUT2D eigenvalue weighted by Crippen LogP contribution is -2.47. The lowest BCUT2D eigenvalue weighted by Gasteiger charge is -2.38. The van der Waals surface area contributed by atoms with Gasteiger partial charge in [-0.3, -0.25) is 9.59 Å². The Balaban J connectivity index is 1.61. The lowest BCUT2D eigenvalue weighted by atomic mass is 10.0. The van der Waals surface area contributed by atoms with Gasteiger partial charge in [0.15, 0.2) is 0 Å². The van der Waals surface area contributed by atoms with Gasteiger partial charge in [-0.2, -0.15) is 0 Å². The third-order valence-corrected chi connectivity index (χ3v) is 5.60. The van der Waals surface area contributed by atoms with E-state index >= 15 is 0 Å². The van der Waals surface area contributed by atoms with E-state index in [0.29, 0.717) is 24.1 Å². The largest absolute Gasteiger partial charge is 0.339 e. The van der Waals surface area contributed by atoms with Crippen molar-refractivity contribution in [3.63, 3.8) is 0 Å². The lowest BCUT2D eigenvalue weighted by molar-refractivity contribution is -0.117. The molecule has 2 heterocycles. The van der Waals surface area contributed by atoms with Crippen molar-refractivity contribution in [3.8, 4) is 0 Å². The number of carbonyl (C=O) groups is 2. The van der Waals surface area contributed by atoms with E-state index in [-0.39, 0.29) is 11.8 Å². The van der Waals surface area contributed by atoms with Crippen LogP contribution in [0.1, 0.15) is 49.9 Å². The van der Waals surface area contributed by atoms with Gasteiger partial charge in [-0.25, -0.2) is 0 Å². The van der Waals surface area contributed by atoms with Crippen LogP contribution in [0.5, 0.6) is 0 Å². The Hall–Kier alpha value is -1.88. The minimum Gasteiger partial charge on any atom is -0.339 e. The van der Waals surface area contributed by atoms with Crippen LogP contribution in [-0.2, 0) is 4.79 Å². The summed E-state index contributed by atoms with van der Waals surface area (Å²) in [6, 6.07) is 8.37. The van der Waals surface area contributed by atoms with E-state index in [1.165, 1.54) is 0 Å². The highest BCUT2D eigenvalue weighted by Gasteiger charge is 2.27. The van der Waals surface area contributed by atoms with Crippen molar-refractivity contribution in [3.05, 3.63) is 29.8 Å². The van der Waals surface area contributed by atoms with Gasteiger partial charge in [-0.15, -0.1) is 0 Å². The van der Waals surface area contributed by atoms with Crippen LogP contribution in [0.2, 0.25) is 0 Å². The molecule has 0 bridgehead atoms. The minimum absolute atomic E-state index is 0.0716. The second kappa shape index (κ2) is 7.56. The molecule has 0 radical (unpaired) electrons. The van der Waals surface area contributed by atoms with Gasteiger partial charge < -0.3 is 14.7 Å². The number of rotatable bonds is 4. The molecular formula is C20H29N3O2. The summed E-state index contributed by atoms with van der Waals surface area (Å²) in [6.45, 7) is 7.33. The van der Waals surface area contributed by atoms with Gasteiger partial charge in [-0.1, -0.05) is 0 Å². The normalized spacial score (nSPS) is 19.7. The summed E-state index contributed by atoms with van der Waals surface area (Å²) < 4.78 is 0. The fraction of sp³-hybridized carbons (Fsp3) is 0.600. The van der Waals surface area contributed by atoms with Crippen LogP contribution in [0.25, 0.3) is 0 Å². The molecule has 0 atom stereocenters. The summed E-state index contributed by atoms with van der Waals surface area (Å²) in [5, 5.41) is 0. The van der Waals surface area contributed by atoms with Crippen LogP contribution in [0.4, 0.5) is 5.69 Å². The van der Waals surface area contributed by atoms with Crippen LogP contribution in [0, 0.1) is 0 Å². The second-order valence-electron chi connectivity index (χ2n) is 7.47. The maximum atomic E-state index is 12.8. The Bertz CT molecular complexity index is 618. The third kappa shape index (κ3) is 3.87. The van der Waals surface area contributed by atoms with E-state index in [9.17, 15) is 9.59 Å². The van der Waals surface area contributed by atoms with Crippen LogP contribution in [-0.4, -0.2) is 60.4 Å². The highest BCUT2D eigenvalue weighted by molar-refractivity contribution is 5.97. The monoisotopic (exact) mass is 343 g/mol. The van der Waals surface area contributed by atoms with Crippen LogP contribution >= 0.6 is 0 Å². The predicted octanol–water partition coefficient (Wildman–Crippen LogP) is 2.76. The SMILES string of the molecule is CC(C)N1CCC(N(C)C(=O)c2ccc(N3CCCC3=O)cc2)CC1. The highest BCUT2D eigenvalue weighted by Crippen LogP contribution is 2.23. The molecule has 2 fully saturated rings. The summed E-state index contributed by atoms with van der Waals surface area (Å²) in [6.07, 6.45) is 3.59. The minimum atomic E-state index is 0.0716. The van der Waals surface area contributed by atoms with E-state index in [1.54, 1.807) is 4.90 Å². The van der Waals surface area contributed by atoms with Gasteiger partial charge in [0.25, 0.3) is 5.91 Å². The molecule has 2 aliphatic heterocycles. The number of amides is 2. The van der Waals surface area contributed by atoms with Crippen LogP contribution in [0.3, 0.4) is 0 Å². The average Bonchev–Trinajstić information content (AvgIpc) is 3.06. The number of piperidine rings is 1. The number of carbonyl (C=O) groups excluding carboxylic acids is 2. The second-order valence-corrected chi connectivity index (χ2v) is 7.47. The molecule has 1 aromatic rings. The van der Waals surface area contributed by atoms with Crippen molar-refractivity contribution in [2.24, 2.45) is 0 Å². The van der Waals surface area contributed by atoms with Crippen molar-refractivity contribution in [1.82, 2.24) is 9.80 Å². The van der Waals surface area contributed by atoms with Crippen LogP contribution < -0.4 is 4.90 Å². The first-order chi connectivity index (χ1) is 12.0. The summed E-state index contributed by atoms with van der Waals surface area (Å²) in [5.74, 6) is 0.246. The van der Waals surface area contributed by atoms with Crippen molar-refractivity contribution in [2.45, 2.75) is 51.6 Å². The van der Waals surface area contributed by atoms with Crippen molar-refractivity contribution in [2.75, 3.05) is 31.6 Å². The van der Waals surface area contributed by atoms with Crippen LogP contribution in [0.15, 0.2) is 24.3 Å². The van der Waals surface area contributed by atoms with E-state index in [2.05, 4.69) is 18.7 Å². The molecule has 2 aliphatic rings. The quantitative estimate of drug-likeness (QED) is 0.844. The average molecular weight is 343 g/mol. The third-order valence-electron chi connectivity index (χ3n) is 5.60. The summed E-state index contributed by atoms with van der Waals surface area (Å²) >= 11 is 0. The molecular weight excluding hydrogens is 314 g/mol. The summed E-state index contributed by atoms with van der Waals surface area (Å²) in [4.78, 5) is 30.8. The Morgan fingerprint density at radius 2 is 1.76 bits per heavy atom. The Morgan fingerprint density at radius 3 is 2.28 bits per heavy atom. The molecule has 136 valence electrons. The zero-order valence-corrected chi connectivity index (χ0v) is 15.6. The number of hydrogen-bond acceptors (Lipinski definition) is 3. The number of anilines is 1. The maximum Gasteiger partial charge on any atom is 0.253 e. The predicted molar refractivity (Wildman–Crippen MR) is 99.9 cm³/mol. The van der Waals surface area contributed by atoms with Gasteiger partial charge in [0, 0.05) is 56.4 Å². The van der Waals surface area contributed by atoms with Crippen molar-refractivity contribution < 1.29 is 9.59 Å². The zero-order valence-electron chi connectivity index (χ0n) is 15.6. The molecule has 0 N–H and O–H groups in total. The topological polar surface area (TPSA) is 43.9 Å². The van der Waals surface area contributed by atoms with Gasteiger partial charge in [-0.05, 0) is 57.4 Å². The highest BCUT2D eigenvalue weighted by atomic mass is 16.2. The molecule has 0 aromatic heterocycles. The first-order valence-corrected chi connectivity index (χ1v) is 9.39. The van der Waals surface area contributed by atoms with Crippen molar-refractivity contribution >= 4 is 17.5 Å². The molecule has 2 amide bonds. The summed E-state index contributed by atoms with van der Waals surface area (Å²) in [5.41, 5.74) is 1.59. The summed E-state index contributed by atoms with van der Waals surface area (Å²) in [7, 11) is 1.91. The van der Waals surface area contributed by atoms with Gasteiger partial charge in [0.05, 0.1) is 0 Å². The maximum absolute atomic E-state index is 12.8. The molecule has 0 aliphatic carbocycles. The van der Waals surface area contributed by atoms with E-state index in [4.69, 9.17) is 0 Å². The Kier molecular flexibility index (Phi) is 5.42. The Morgan fingerprint density at radius 1 is 1.12 bits per heavy atom. The molecule has 1 aromatic carbocycles. The number of benzene rings is 1. The molecule has 3 rings (SSSR count). The number of likely N-dealkylation sites (tertiary alicyclic amines) is 1. The molecule has 0 saturated carbocycles. The smallest absolute Gasteiger partial charge is 0.253 e. The van der Waals surface area contributed by atoms with E-state index in [0.717, 1.165) is 44.6 Å². The number of nitrogens with zero attached hydrogens (tertiary/aromatic N) is 3. The fourth-order valence-electron chi connectivity index (χ4n) is 3.86. The van der Waals surface area contributed by atoms with Crippen molar-refractivity contribution in [1.29, 1.82) is 0 Å². The molecule has 0 unspecified atom stereocenters. The Labute approximate surface area is 150 Å².